The molecule has 0 saturated carbocycles. The Kier molecular flexibility index (Phi) is 5.46. The molecule has 0 unspecified atom stereocenters. The number of nitrogens with one attached hydrogen (secondary N) is 1. The lowest BCUT2D eigenvalue weighted by Gasteiger charge is -2.23. The van der Waals surface area contributed by atoms with Crippen LogP contribution in [0.25, 0.3) is 0 Å². The molecule has 0 aliphatic carbocycles. The fourth-order valence-electron chi connectivity index (χ4n) is 2.05. The van der Waals surface area contributed by atoms with Crippen LogP contribution in [0.2, 0.25) is 0 Å². The number of carbonyl (C=O) groups is 2. The van der Waals surface area contributed by atoms with Gasteiger partial charge in [-0.25, -0.2) is 4.39 Å². The average Bonchev–Trinajstić information content (AvgIpc) is 3.08. The molecule has 7 heteroatoms. The van der Waals surface area contributed by atoms with Gasteiger partial charge in [-0.15, -0.1) is 0 Å². The molecule has 23 heavy (non-hydrogen) atoms. The molecule has 0 bridgehead atoms. The van der Waals surface area contributed by atoms with E-state index in [0.29, 0.717) is 5.69 Å². The van der Waals surface area contributed by atoms with Crippen LogP contribution in [0.15, 0.2) is 41.1 Å². The SMILES string of the molecule is C[C@@H](c1ccon1)N(C)C(=O)CCNC(=O)c1ccccc1F. The lowest BCUT2D eigenvalue weighted by atomic mass is 10.2. The van der Waals surface area contributed by atoms with Crippen molar-refractivity contribution in [3.63, 3.8) is 0 Å². The first-order valence-electron chi connectivity index (χ1n) is 7.19. The van der Waals surface area contributed by atoms with Gasteiger partial charge in [-0.05, 0) is 19.1 Å². The van der Waals surface area contributed by atoms with Gasteiger partial charge in [0.1, 0.15) is 17.8 Å². The van der Waals surface area contributed by atoms with Crippen LogP contribution in [0, 0.1) is 5.82 Å². The smallest absolute Gasteiger partial charge is 0.254 e. The summed E-state index contributed by atoms with van der Waals surface area (Å²) in [7, 11) is 1.65. The number of nitrogens with zero attached hydrogens (tertiary/aromatic N) is 2. The van der Waals surface area contributed by atoms with E-state index < -0.39 is 11.7 Å². The molecule has 0 aliphatic heterocycles. The molecule has 2 amide bonds. The fraction of sp³-hybridized carbons (Fsp3) is 0.312. The summed E-state index contributed by atoms with van der Waals surface area (Å²) in [5, 5.41) is 6.34. The minimum Gasteiger partial charge on any atom is -0.364 e. The molecule has 1 atom stereocenters. The number of aromatic nitrogens is 1. The van der Waals surface area contributed by atoms with Gasteiger partial charge in [0.05, 0.1) is 11.6 Å². The number of rotatable bonds is 6. The number of halogens is 1. The Hall–Kier alpha value is -2.70. The maximum absolute atomic E-state index is 13.5. The van der Waals surface area contributed by atoms with Crippen LogP contribution in [0.1, 0.15) is 35.4 Å². The molecule has 0 saturated heterocycles. The highest BCUT2D eigenvalue weighted by Crippen LogP contribution is 2.17. The van der Waals surface area contributed by atoms with Crippen LogP contribution in [0.3, 0.4) is 0 Å². The number of hydrogen-bond acceptors (Lipinski definition) is 4. The van der Waals surface area contributed by atoms with Crippen molar-refractivity contribution in [2.24, 2.45) is 0 Å². The number of hydrogen-bond donors (Lipinski definition) is 1. The summed E-state index contributed by atoms with van der Waals surface area (Å²) in [5.41, 5.74) is 0.612. The van der Waals surface area contributed by atoms with Gasteiger partial charge < -0.3 is 14.7 Å². The minimum atomic E-state index is -0.590. The van der Waals surface area contributed by atoms with Crippen LogP contribution in [-0.4, -0.2) is 35.5 Å². The summed E-state index contributed by atoms with van der Waals surface area (Å²) in [6.07, 6.45) is 1.55. The van der Waals surface area contributed by atoms with Crippen LogP contribution >= 0.6 is 0 Å². The second kappa shape index (κ2) is 7.53. The normalized spacial score (nSPS) is 11.8. The van der Waals surface area contributed by atoms with E-state index in [0.717, 1.165) is 0 Å². The van der Waals surface area contributed by atoms with Crippen molar-refractivity contribution in [3.05, 3.63) is 53.7 Å². The lowest BCUT2D eigenvalue weighted by molar-refractivity contribution is -0.131. The predicted molar refractivity (Wildman–Crippen MR) is 81.0 cm³/mol. The van der Waals surface area contributed by atoms with Crippen LogP contribution < -0.4 is 5.32 Å². The molecule has 6 nitrogen and oxygen atoms in total. The molecular formula is C16H18FN3O3. The third-order valence-corrected chi connectivity index (χ3v) is 3.60. The zero-order valence-electron chi connectivity index (χ0n) is 13.0. The molecule has 2 rings (SSSR count). The Morgan fingerprint density at radius 1 is 1.35 bits per heavy atom. The molecule has 0 aliphatic rings. The molecule has 122 valence electrons. The number of amides is 2. The Morgan fingerprint density at radius 3 is 2.74 bits per heavy atom. The predicted octanol–water partition coefficient (Wildman–Crippen LogP) is 2.15. The maximum Gasteiger partial charge on any atom is 0.254 e. The topological polar surface area (TPSA) is 75.4 Å². The molecule has 1 aromatic heterocycles. The van der Waals surface area contributed by atoms with E-state index in [1.165, 1.54) is 29.4 Å². The molecule has 0 spiro atoms. The van der Waals surface area contributed by atoms with Crippen molar-refractivity contribution in [3.8, 4) is 0 Å². The zero-order valence-corrected chi connectivity index (χ0v) is 13.0. The molecule has 0 fully saturated rings. The van der Waals surface area contributed by atoms with Gasteiger partial charge in [0.2, 0.25) is 5.91 Å². The minimum absolute atomic E-state index is 0.0377. The second-order valence-electron chi connectivity index (χ2n) is 5.09. The second-order valence-corrected chi connectivity index (χ2v) is 5.09. The summed E-state index contributed by atoms with van der Waals surface area (Å²) in [4.78, 5) is 25.5. The molecule has 0 radical (unpaired) electrons. The summed E-state index contributed by atoms with van der Waals surface area (Å²) in [5.74, 6) is -1.29. The fourth-order valence-corrected chi connectivity index (χ4v) is 2.05. The summed E-state index contributed by atoms with van der Waals surface area (Å²) in [6, 6.07) is 7.16. The first-order chi connectivity index (χ1) is 11.0. The van der Waals surface area contributed by atoms with Crippen molar-refractivity contribution in [2.75, 3.05) is 13.6 Å². The standard InChI is InChI=1S/C16H18FN3O3/c1-11(14-8-10-23-19-14)20(2)15(21)7-9-18-16(22)12-5-3-4-6-13(12)17/h3-6,8,10-11H,7,9H2,1-2H3,(H,18,22)/t11-/m0/s1. The van der Waals surface area contributed by atoms with E-state index in [2.05, 4.69) is 10.5 Å². The van der Waals surface area contributed by atoms with E-state index in [-0.39, 0.29) is 30.5 Å². The highest BCUT2D eigenvalue weighted by atomic mass is 19.1. The quantitative estimate of drug-likeness (QED) is 0.885. The summed E-state index contributed by atoms with van der Waals surface area (Å²) >= 11 is 0. The van der Waals surface area contributed by atoms with Crippen molar-refractivity contribution in [1.29, 1.82) is 0 Å². The van der Waals surface area contributed by atoms with Gasteiger partial charge in [-0.3, -0.25) is 9.59 Å². The third kappa shape index (κ3) is 4.15. The summed E-state index contributed by atoms with van der Waals surface area (Å²) in [6.45, 7) is 1.95. The van der Waals surface area contributed by atoms with Gasteiger partial charge in [-0.2, -0.15) is 0 Å². The van der Waals surface area contributed by atoms with E-state index in [4.69, 9.17) is 4.52 Å². The molecule has 1 N–H and O–H groups in total. The van der Waals surface area contributed by atoms with Crippen molar-refractivity contribution in [2.45, 2.75) is 19.4 Å². The largest absolute Gasteiger partial charge is 0.364 e. The van der Waals surface area contributed by atoms with Gasteiger partial charge >= 0.3 is 0 Å². The van der Waals surface area contributed by atoms with Gasteiger partial charge in [-0.1, -0.05) is 17.3 Å². The Balaban J connectivity index is 1.83. The van der Waals surface area contributed by atoms with Crippen molar-refractivity contribution < 1.29 is 18.5 Å². The summed E-state index contributed by atoms with van der Waals surface area (Å²) < 4.78 is 18.2. The Labute approximate surface area is 133 Å². The maximum atomic E-state index is 13.5. The van der Waals surface area contributed by atoms with E-state index in [9.17, 15) is 14.0 Å². The van der Waals surface area contributed by atoms with Crippen molar-refractivity contribution in [1.82, 2.24) is 15.4 Å². The molecular weight excluding hydrogens is 301 g/mol. The highest BCUT2D eigenvalue weighted by Gasteiger charge is 2.19. The molecule has 1 heterocycles. The number of benzene rings is 1. The van der Waals surface area contributed by atoms with Gasteiger partial charge in [0.25, 0.3) is 5.91 Å². The van der Waals surface area contributed by atoms with Gasteiger partial charge in [0, 0.05) is 26.1 Å². The first-order valence-corrected chi connectivity index (χ1v) is 7.19. The highest BCUT2D eigenvalue weighted by molar-refractivity contribution is 5.94. The van der Waals surface area contributed by atoms with Crippen molar-refractivity contribution >= 4 is 11.8 Å². The number of carbonyl (C=O) groups excluding carboxylic acids is 2. The Morgan fingerprint density at radius 2 is 2.09 bits per heavy atom. The zero-order chi connectivity index (χ0) is 16.8. The van der Waals surface area contributed by atoms with Gasteiger partial charge in [0.15, 0.2) is 0 Å². The lowest BCUT2D eigenvalue weighted by Crippen LogP contribution is -2.34. The molecule has 2 aromatic rings. The van der Waals surface area contributed by atoms with Crippen LogP contribution in [0.5, 0.6) is 0 Å². The molecule has 1 aromatic carbocycles. The first kappa shape index (κ1) is 16.7. The van der Waals surface area contributed by atoms with Crippen LogP contribution in [0.4, 0.5) is 4.39 Å². The monoisotopic (exact) mass is 319 g/mol. The third-order valence-electron chi connectivity index (χ3n) is 3.60. The van der Waals surface area contributed by atoms with Crippen LogP contribution in [-0.2, 0) is 4.79 Å². The van der Waals surface area contributed by atoms with E-state index in [1.54, 1.807) is 19.2 Å². The average molecular weight is 319 g/mol. The van der Waals surface area contributed by atoms with E-state index >= 15 is 0 Å². The van der Waals surface area contributed by atoms with E-state index in [1.807, 2.05) is 6.92 Å². The Bertz CT molecular complexity index is 673.